The molecule has 1 unspecified atom stereocenters. The van der Waals surface area contributed by atoms with Gasteiger partial charge in [-0.1, -0.05) is 36.4 Å². The minimum Gasteiger partial charge on any atom is -0.507 e. The quantitative estimate of drug-likeness (QED) is 0.0886. The number of halogens is 1. The van der Waals surface area contributed by atoms with Crippen LogP contribution >= 0.6 is 11.8 Å². The lowest BCUT2D eigenvalue weighted by Crippen LogP contribution is -2.30. The summed E-state index contributed by atoms with van der Waals surface area (Å²) in [6.45, 7) is 1.67. The number of carboxylic acids is 1. The predicted octanol–water partition coefficient (Wildman–Crippen LogP) is 5.76. The van der Waals surface area contributed by atoms with E-state index in [1.165, 1.54) is 54.2 Å². The number of benzene rings is 4. The molecule has 0 saturated heterocycles. The van der Waals surface area contributed by atoms with Crippen LogP contribution in [0, 0.1) is 5.82 Å². The molecule has 4 aromatic rings. The highest BCUT2D eigenvalue weighted by molar-refractivity contribution is 8.00. The standard InChI is InChI=1S/C32H26FN3O6S/c1-19(29(38)35-23-13-16-28(37)25(18-23)32(41)42)43-24-14-11-22(12-15-24)34-31(40)27(17-21-9-5-6-10-26(21)33)36-30(39)20-7-3-2-4-8-20/h2-19,37H,1H3,(H,34,40)(H,35,38)(H,36,39)(H,41,42)/b27-17-. The van der Waals surface area contributed by atoms with Crippen molar-refractivity contribution in [3.8, 4) is 5.75 Å². The fourth-order valence-corrected chi connectivity index (χ4v) is 4.66. The van der Waals surface area contributed by atoms with E-state index in [1.807, 2.05) is 0 Å². The van der Waals surface area contributed by atoms with Crippen LogP contribution in [0.25, 0.3) is 6.08 Å². The summed E-state index contributed by atoms with van der Waals surface area (Å²) in [4.78, 5) is 50.6. The zero-order valence-corrected chi connectivity index (χ0v) is 23.5. The van der Waals surface area contributed by atoms with Crippen LogP contribution in [-0.4, -0.2) is 39.2 Å². The van der Waals surface area contributed by atoms with Crippen molar-refractivity contribution >= 4 is 52.9 Å². The van der Waals surface area contributed by atoms with Crippen molar-refractivity contribution in [2.75, 3.05) is 10.6 Å². The van der Waals surface area contributed by atoms with Crippen molar-refractivity contribution in [2.24, 2.45) is 0 Å². The molecule has 0 saturated carbocycles. The number of carbonyl (C=O) groups is 4. The van der Waals surface area contributed by atoms with Gasteiger partial charge in [-0.2, -0.15) is 0 Å². The van der Waals surface area contributed by atoms with Crippen molar-refractivity contribution in [2.45, 2.75) is 17.1 Å². The normalized spacial score (nSPS) is 11.7. The van der Waals surface area contributed by atoms with E-state index in [1.54, 1.807) is 67.6 Å². The first kappa shape index (κ1) is 30.5. The van der Waals surface area contributed by atoms with E-state index >= 15 is 0 Å². The summed E-state index contributed by atoms with van der Waals surface area (Å²) in [6.07, 6.45) is 1.25. The summed E-state index contributed by atoms with van der Waals surface area (Å²) >= 11 is 1.23. The second kappa shape index (κ2) is 14.0. The molecular weight excluding hydrogens is 573 g/mol. The monoisotopic (exact) mass is 599 g/mol. The molecule has 0 bridgehead atoms. The fourth-order valence-electron chi connectivity index (χ4n) is 3.79. The summed E-state index contributed by atoms with van der Waals surface area (Å²) in [5, 5.41) is 26.1. The molecule has 4 aromatic carbocycles. The lowest BCUT2D eigenvalue weighted by atomic mass is 10.1. The molecule has 1 atom stereocenters. The van der Waals surface area contributed by atoms with Gasteiger partial charge in [0.1, 0.15) is 22.8 Å². The topological polar surface area (TPSA) is 145 Å². The maximum Gasteiger partial charge on any atom is 0.339 e. The first-order chi connectivity index (χ1) is 20.6. The smallest absolute Gasteiger partial charge is 0.339 e. The number of anilines is 2. The largest absolute Gasteiger partial charge is 0.507 e. The molecule has 5 N–H and O–H groups in total. The van der Waals surface area contributed by atoms with Crippen LogP contribution < -0.4 is 16.0 Å². The highest BCUT2D eigenvalue weighted by Gasteiger charge is 2.18. The number of phenols is 1. The Morgan fingerprint density at radius 1 is 0.837 bits per heavy atom. The molecule has 4 rings (SSSR count). The molecule has 0 heterocycles. The Bertz CT molecular complexity index is 1690. The van der Waals surface area contributed by atoms with Gasteiger partial charge in [0.15, 0.2) is 0 Å². The van der Waals surface area contributed by atoms with Gasteiger partial charge in [-0.3, -0.25) is 14.4 Å². The zero-order chi connectivity index (χ0) is 30.9. The van der Waals surface area contributed by atoms with Crippen molar-refractivity contribution in [3.05, 3.63) is 125 Å². The van der Waals surface area contributed by atoms with Gasteiger partial charge in [0.2, 0.25) is 5.91 Å². The number of thioether (sulfide) groups is 1. The van der Waals surface area contributed by atoms with Crippen molar-refractivity contribution < 1.29 is 33.8 Å². The van der Waals surface area contributed by atoms with E-state index in [4.69, 9.17) is 5.11 Å². The highest BCUT2D eigenvalue weighted by Crippen LogP contribution is 2.27. The van der Waals surface area contributed by atoms with Crippen LogP contribution in [0.1, 0.15) is 33.2 Å². The van der Waals surface area contributed by atoms with Gasteiger partial charge in [0.05, 0.1) is 5.25 Å². The van der Waals surface area contributed by atoms with Crippen LogP contribution in [0.15, 0.2) is 108 Å². The molecule has 0 aliphatic carbocycles. The highest BCUT2D eigenvalue weighted by atomic mass is 32.2. The van der Waals surface area contributed by atoms with Gasteiger partial charge in [-0.25, -0.2) is 9.18 Å². The Hall–Kier alpha value is -5.42. The van der Waals surface area contributed by atoms with Crippen LogP contribution in [-0.2, 0) is 9.59 Å². The lowest BCUT2D eigenvalue weighted by molar-refractivity contribution is -0.115. The summed E-state index contributed by atoms with van der Waals surface area (Å²) in [5.41, 5.74) is 0.563. The molecule has 11 heteroatoms. The lowest BCUT2D eigenvalue weighted by Gasteiger charge is -2.14. The molecule has 0 radical (unpaired) electrons. The third-order valence-corrected chi connectivity index (χ3v) is 7.13. The number of amides is 3. The third-order valence-electron chi connectivity index (χ3n) is 6.02. The summed E-state index contributed by atoms with van der Waals surface area (Å²) in [5.74, 6) is -3.89. The number of aromatic carboxylic acids is 1. The second-order valence-electron chi connectivity index (χ2n) is 9.16. The van der Waals surface area contributed by atoms with E-state index in [2.05, 4.69) is 16.0 Å². The molecule has 43 heavy (non-hydrogen) atoms. The maximum atomic E-state index is 14.3. The minimum atomic E-state index is -1.32. The van der Waals surface area contributed by atoms with E-state index in [0.717, 1.165) is 0 Å². The van der Waals surface area contributed by atoms with Crippen LogP contribution in [0.5, 0.6) is 5.75 Å². The van der Waals surface area contributed by atoms with E-state index in [0.29, 0.717) is 16.1 Å². The Kier molecular flexibility index (Phi) is 9.92. The first-order valence-corrected chi connectivity index (χ1v) is 13.8. The Morgan fingerprint density at radius 2 is 1.49 bits per heavy atom. The molecular formula is C32H26FN3O6S. The second-order valence-corrected chi connectivity index (χ2v) is 10.6. The van der Waals surface area contributed by atoms with Crippen LogP contribution in [0.4, 0.5) is 15.8 Å². The molecule has 0 fully saturated rings. The number of nitrogens with one attached hydrogen (secondary N) is 3. The fraction of sp³-hybridized carbons (Fsp3) is 0.0625. The Labute approximate surface area is 250 Å². The Morgan fingerprint density at radius 3 is 2.16 bits per heavy atom. The molecule has 3 amide bonds. The van der Waals surface area contributed by atoms with E-state index < -0.39 is 34.6 Å². The van der Waals surface area contributed by atoms with Gasteiger partial charge >= 0.3 is 5.97 Å². The summed E-state index contributed by atoms with van der Waals surface area (Å²) < 4.78 is 14.3. The van der Waals surface area contributed by atoms with Crippen LogP contribution in [0.2, 0.25) is 0 Å². The number of carboxylic acid groups (broad SMARTS) is 1. The molecule has 9 nitrogen and oxygen atoms in total. The van der Waals surface area contributed by atoms with Crippen LogP contribution in [0.3, 0.4) is 0 Å². The van der Waals surface area contributed by atoms with Gasteiger partial charge in [0, 0.05) is 27.4 Å². The van der Waals surface area contributed by atoms with Gasteiger partial charge in [-0.15, -0.1) is 11.8 Å². The number of hydrogen-bond acceptors (Lipinski definition) is 6. The van der Waals surface area contributed by atoms with Gasteiger partial charge < -0.3 is 26.2 Å². The van der Waals surface area contributed by atoms with Crippen molar-refractivity contribution in [3.63, 3.8) is 0 Å². The predicted molar refractivity (Wildman–Crippen MR) is 162 cm³/mol. The first-order valence-electron chi connectivity index (χ1n) is 12.9. The number of rotatable bonds is 10. The number of hydrogen-bond donors (Lipinski definition) is 5. The molecule has 0 spiro atoms. The number of aromatic hydroxyl groups is 1. The SMILES string of the molecule is CC(Sc1ccc(NC(=O)/C(=C/c2ccccc2F)NC(=O)c2ccccc2)cc1)C(=O)Nc1ccc(O)c(C(=O)O)c1. The van der Waals surface area contributed by atoms with Crippen molar-refractivity contribution in [1.82, 2.24) is 5.32 Å². The van der Waals surface area contributed by atoms with E-state index in [9.17, 15) is 28.7 Å². The Balaban J connectivity index is 1.43. The molecule has 0 aliphatic rings. The van der Waals surface area contributed by atoms with Gasteiger partial charge in [0.25, 0.3) is 11.8 Å². The van der Waals surface area contributed by atoms with Gasteiger partial charge in [-0.05, 0) is 73.7 Å². The summed E-state index contributed by atoms with van der Waals surface area (Å²) in [7, 11) is 0. The molecule has 0 aromatic heterocycles. The maximum absolute atomic E-state index is 14.3. The number of carbonyl (C=O) groups excluding carboxylic acids is 3. The summed E-state index contributed by atoms with van der Waals surface area (Å²) in [6, 6.07) is 24.5. The van der Waals surface area contributed by atoms with E-state index in [-0.39, 0.29) is 28.4 Å². The average Bonchev–Trinajstić information content (AvgIpc) is 3.00. The van der Waals surface area contributed by atoms with Crippen molar-refractivity contribution in [1.29, 1.82) is 0 Å². The zero-order valence-electron chi connectivity index (χ0n) is 22.7. The molecule has 218 valence electrons. The average molecular weight is 600 g/mol. The minimum absolute atomic E-state index is 0.117. The molecule has 0 aliphatic heterocycles. The third kappa shape index (κ3) is 8.30.